The molecule has 0 aromatic rings. The van der Waals surface area contributed by atoms with Crippen LogP contribution < -0.4 is 11.1 Å². The summed E-state index contributed by atoms with van der Waals surface area (Å²) in [5.41, 5.74) is 5.37. The predicted octanol–water partition coefficient (Wildman–Crippen LogP) is 0.583. The fraction of sp³-hybridized carbons (Fsp3) is 1.00. The van der Waals surface area contributed by atoms with Crippen LogP contribution in [0.5, 0.6) is 0 Å². The third-order valence-corrected chi connectivity index (χ3v) is 5.32. The van der Waals surface area contributed by atoms with E-state index in [0.29, 0.717) is 13.2 Å². The first-order valence-electron chi connectivity index (χ1n) is 5.89. The normalized spacial score (nSPS) is 12.0. The van der Waals surface area contributed by atoms with Gasteiger partial charge in [-0.3, -0.25) is 0 Å². The first kappa shape index (κ1) is 16.0. The molecule has 0 unspecified atom stereocenters. The van der Waals surface area contributed by atoms with Crippen molar-refractivity contribution in [2.75, 3.05) is 40.5 Å². The van der Waals surface area contributed by atoms with Crippen molar-refractivity contribution < 1.29 is 13.3 Å². The second-order valence-corrected chi connectivity index (χ2v) is 6.55. The highest BCUT2D eigenvalue weighted by atomic mass is 28.4. The average molecular weight is 250 g/mol. The van der Waals surface area contributed by atoms with Crippen molar-refractivity contribution >= 4 is 8.80 Å². The van der Waals surface area contributed by atoms with Crippen LogP contribution in [0.25, 0.3) is 0 Å². The van der Waals surface area contributed by atoms with Crippen molar-refractivity contribution in [3.05, 3.63) is 0 Å². The van der Waals surface area contributed by atoms with Gasteiger partial charge < -0.3 is 24.3 Å². The van der Waals surface area contributed by atoms with Gasteiger partial charge >= 0.3 is 8.80 Å². The van der Waals surface area contributed by atoms with Crippen LogP contribution in [0.2, 0.25) is 6.04 Å². The number of hydrogen-bond donors (Lipinski definition) is 2. The Kier molecular flexibility index (Phi) is 10.2. The maximum Gasteiger partial charge on any atom is 0.500 e. The molecule has 98 valence electrons. The van der Waals surface area contributed by atoms with E-state index in [1.54, 1.807) is 14.2 Å². The monoisotopic (exact) mass is 250 g/mol. The fourth-order valence-electron chi connectivity index (χ4n) is 1.44. The molecule has 0 spiro atoms. The molecular weight excluding hydrogens is 224 g/mol. The van der Waals surface area contributed by atoms with Gasteiger partial charge in [0.15, 0.2) is 0 Å². The quantitative estimate of drug-likeness (QED) is 0.415. The number of nitrogens with one attached hydrogen (secondary N) is 1. The lowest BCUT2D eigenvalue weighted by Gasteiger charge is -2.25. The van der Waals surface area contributed by atoms with E-state index in [-0.39, 0.29) is 0 Å². The van der Waals surface area contributed by atoms with E-state index >= 15 is 0 Å². The second kappa shape index (κ2) is 10.2. The molecule has 5 nitrogen and oxygen atoms in total. The topological polar surface area (TPSA) is 65.7 Å². The Morgan fingerprint density at radius 3 is 2.38 bits per heavy atom. The molecule has 0 aromatic carbocycles. The molecule has 0 atom stereocenters. The predicted molar refractivity (Wildman–Crippen MR) is 67.4 cm³/mol. The van der Waals surface area contributed by atoms with Gasteiger partial charge in [-0.05, 0) is 13.0 Å². The Balaban J connectivity index is 3.67. The van der Waals surface area contributed by atoms with Crippen LogP contribution in [0.4, 0.5) is 0 Å². The Hall–Kier alpha value is 0.0169. The van der Waals surface area contributed by atoms with Gasteiger partial charge in [-0.25, -0.2) is 0 Å². The van der Waals surface area contributed by atoms with E-state index < -0.39 is 8.80 Å². The molecule has 0 saturated carbocycles. The van der Waals surface area contributed by atoms with Gasteiger partial charge in [0.25, 0.3) is 0 Å². The van der Waals surface area contributed by atoms with Crippen LogP contribution >= 0.6 is 0 Å². The molecule has 0 aliphatic rings. The van der Waals surface area contributed by atoms with Crippen LogP contribution in [0.1, 0.15) is 19.8 Å². The molecule has 0 aliphatic carbocycles. The van der Waals surface area contributed by atoms with Crippen molar-refractivity contribution in [1.29, 1.82) is 0 Å². The molecule has 0 radical (unpaired) electrons. The summed E-state index contributed by atoms with van der Waals surface area (Å²) in [6.45, 7) is 5.22. The van der Waals surface area contributed by atoms with Crippen molar-refractivity contribution in [1.82, 2.24) is 5.32 Å². The van der Waals surface area contributed by atoms with E-state index in [2.05, 4.69) is 12.2 Å². The first-order chi connectivity index (χ1) is 7.74. The largest absolute Gasteiger partial charge is 0.500 e. The van der Waals surface area contributed by atoms with Crippen LogP contribution in [0, 0.1) is 0 Å². The molecule has 3 N–H and O–H groups in total. The summed E-state index contributed by atoms with van der Waals surface area (Å²) in [6, 6.07) is 0.871. The fourth-order valence-corrected chi connectivity index (χ4v) is 3.46. The van der Waals surface area contributed by atoms with Gasteiger partial charge in [0.05, 0.1) is 0 Å². The summed E-state index contributed by atoms with van der Waals surface area (Å²) in [7, 11) is 0.965. The highest BCUT2D eigenvalue weighted by molar-refractivity contribution is 6.60. The minimum Gasteiger partial charge on any atom is -0.377 e. The Morgan fingerprint density at radius 1 is 1.19 bits per heavy atom. The summed E-state index contributed by atoms with van der Waals surface area (Å²) in [4.78, 5) is 0. The van der Waals surface area contributed by atoms with Crippen LogP contribution in [0.3, 0.4) is 0 Å². The van der Waals surface area contributed by atoms with E-state index in [1.165, 1.54) is 0 Å². The zero-order valence-electron chi connectivity index (χ0n) is 10.8. The first-order valence-corrected chi connectivity index (χ1v) is 7.83. The molecule has 0 saturated heterocycles. The molecule has 6 heteroatoms. The van der Waals surface area contributed by atoms with E-state index in [4.69, 9.17) is 19.0 Å². The van der Waals surface area contributed by atoms with Crippen molar-refractivity contribution in [2.45, 2.75) is 25.8 Å². The van der Waals surface area contributed by atoms with Gasteiger partial charge in [-0.1, -0.05) is 13.3 Å². The van der Waals surface area contributed by atoms with Crippen molar-refractivity contribution in [2.24, 2.45) is 5.73 Å². The highest BCUT2D eigenvalue weighted by Crippen LogP contribution is 2.15. The van der Waals surface area contributed by atoms with Crippen molar-refractivity contribution in [3.8, 4) is 0 Å². The smallest absolute Gasteiger partial charge is 0.377 e. The zero-order chi connectivity index (χ0) is 12.3. The lowest BCUT2D eigenvalue weighted by atomic mass is 10.4. The molecule has 0 amide bonds. The summed E-state index contributed by atoms with van der Waals surface area (Å²) in [5.74, 6) is 0. The van der Waals surface area contributed by atoms with Crippen LogP contribution in [-0.4, -0.2) is 49.3 Å². The minimum absolute atomic E-state index is 0.672. The average Bonchev–Trinajstić information content (AvgIpc) is 2.32. The van der Waals surface area contributed by atoms with E-state index in [0.717, 1.165) is 32.0 Å². The molecule has 0 bridgehead atoms. The number of hydrogen-bond acceptors (Lipinski definition) is 5. The van der Waals surface area contributed by atoms with Gasteiger partial charge in [0.1, 0.15) is 0 Å². The molecule has 0 aromatic heterocycles. The SMILES string of the molecule is CCC[Si](OC)(OC)OCCCNCCN. The van der Waals surface area contributed by atoms with Gasteiger partial charge in [0.2, 0.25) is 0 Å². The van der Waals surface area contributed by atoms with Crippen LogP contribution in [-0.2, 0) is 13.3 Å². The maximum absolute atomic E-state index is 5.77. The summed E-state index contributed by atoms with van der Waals surface area (Å²) in [6.07, 6.45) is 1.96. The minimum atomic E-state index is -2.36. The number of nitrogens with two attached hydrogens (primary N) is 1. The lowest BCUT2D eigenvalue weighted by Crippen LogP contribution is -2.44. The maximum atomic E-state index is 5.77. The van der Waals surface area contributed by atoms with Crippen LogP contribution in [0.15, 0.2) is 0 Å². The lowest BCUT2D eigenvalue weighted by molar-refractivity contribution is 0.0969. The summed E-state index contributed by atoms with van der Waals surface area (Å²) in [5, 5.41) is 3.22. The molecule has 0 aliphatic heterocycles. The summed E-state index contributed by atoms with van der Waals surface area (Å²) < 4.78 is 16.6. The molecule has 0 rings (SSSR count). The third-order valence-electron chi connectivity index (χ3n) is 2.32. The van der Waals surface area contributed by atoms with Gasteiger partial charge in [-0.2, -0.15) is 0 Å². The Bertz CT molecular complexity index is 157. The zero-order valence-corrected chi connectivity index (χ0v) is 11.8. The van der Waals surface area contributed by atoms with Gasteiger partial charge in [0, 0.05) is 40.0 Å². The molecule has 0 heterocycles. The molecule has 0 fully saturated rings. The summed E-state index contributed by atoms with van der Waals surface area (Å²) >= 11 is 0. The van der Waals surface area contributed by atoms with Crippen molar-refractivity contribution in [3.63, 3.8) is 0 Å². The Labute approximate surface area is 100 Å². The Morgan fingerprint density at radius 2 is 1.88 bits per heavy atom. The highest BCUT2D eigenvalue weighted by Gasteiger charge is 2.37. The third kappa shape index (κ3) is 6.57. The van der Waals surface area contributed by atoms with E-state index in [9.17, 15) is 0 Å². The standard InChI is InChI=1S/C10H26N2O3Si/c1-4-10-16(13-2,14-3)15-9-5-7-12-8-6-11/h12H,4-11H2,1-3H3. The number of rotatable bonds is 11. The second-order valence-electron chi connectivity index (χ2n) is 3.58. The molecular formula is C10H26N2O3Si. The molecule has 16 heavy (non-hydrogen) atoms. The van der Waals surface area contributed by atoms with E-state index in [1.807, 2.05) is 0 Å². The van der Waals surface area contributed by atoms with Gasteiger partial charge in [-0.15, -0.1) is 0 Å².